The maximum Gasteiger partial charge on any atom is 0.397 e. The van der Waals surface area contributed by atoms with E-state index in [0.29, 0.717) is 0 Å². The van der Waals surface area contributed by atoms with Crippen molar-refractivity contribution in [2.24, 2.45) is 5.73 Å². The van der Waals surface area contributed by atoms with Gasteiger partial charge < -0.3 is 5.73 Å². The van der Waals surface area contributed by atoms with Gasteiger partial charge >= 0.3 is 10.4 Å². The summed E-state index contributed by atoms with van der Waals surface area (Å²) >= 11 is 0. The summed E-state index contributed by atoms with van der Waals surface area (Å²) < 4.78 is 30.7. The molecule has 0 rings (SSSR count). The summed E-state index contributed by atoms with van der Waals surface area (Å²) in [4.78, 5) is 0. The first kappa shape index (κ1) is 30.0. The van der Waals surface area contributed by atoms with E-state index in [1.807, 2.05) is 0 Å². The third kappa shape index (κ3) is 33.4. The summed E-state index contributed by atoms with van der Waals surface area (Å²) in [6.07, 6.45) is 22.7. The molecule has 172 valence electrons. The molecule has 0 fully saturated rings. The van der Waals surface area contributed by atoms with E-state index in [9.17, 15) is 8.42 Å². The molecule has 5 nitrogen and oxygen atoms in total. The van der Waals surface area contributed by atoms with Gasteiger partial charge in [-0.15, -0.1) is 0 Å². The van der Waals surface area contributed by atoms with E-state index in [2.05, 4.69) is 25.0 Å². The third-order valence-corrected chi connectivity index (χ3v) is 5.23. The highest BCUT2D eigenvalue weighted by Gasteiger charge is 2.08. The zero-order valence-corrected chi connectivity index (χ0v) is 20.0. The minimum Gasteiger partial charge on any atom is -0.326 e. The zero-order valence-electron chi connectivity index (χ0n) is 19.2. The highest BCUT2D eigenvalue weighted by Crippen LogP contribution is 2.15. The minimum absolute atomic E-state index is 0.0289. The lowest BCUT2D eigenvalue weighted by atomic mass is 9.97. The Morgan fingerprint density at radius 2 is 1.04 bits per heavy atom. The van der Waals surface area contributed by atoms with Crippen LogP contribution in [0.1, 0.15) is 130 Å². The third-order valence-electron chi connectivity index (χ3n) is 4.69. The molecule has 0 unspecified atom stereocenters. The first-order valence-electron chi connectivity index (χ1n) is 11.5. The second kappa shape index (κ2) is 20.1. The van der Waals surface area contributed by atoms with E-state index in [0.717, 1.165) is 0 Å². The Bertz CT molecular complexity index is 405. The Morgan fingerprint density at radius 3 is 1.25 bits per heavy atom. The van der Waals surface area contributed by atoms with Crippen LogP contribution in [0, 0.1) is 0 Å². The second-order valence-electron chi connectivity index (χ2n) is 8.52. The predicted octanol–water partition coefficient (Wildman–Crippen LogP) is 6.81. The molecule has 0 saturated heterocycles. The molecule has 0 spiro atoms. The molecule has 0 aromatic heterocycles. The van der Waals surface area contributed by atoms with Crippen LogP contribution in [0.25, 0.3) is 0 Å². The van der Waals surface area contributed by atoms with Gasteiger partial charge in [0.25, 0.3) is 0 Å². The molecule has 0 aliphatic heterocycles. The highest BCUT2D eigenvalue weighted by molar-refractivity contribution is 7.80. The largest absolute Gasteiger partial charge is 0.397 e. The van der Waals surface area contributed by atoms with Gasteiger partial charge in [0.15, 0.2) is 0 Å². The smallest absolute Gasteiger partial charge is 0.326 e. The summed E-state index contributed by atoms with van der Waals surface area (Å²) in [7, 11) is -4.17. The van der Waals surface area contributed by atoms with Crippen molar-refractivity contribution in [3.63, 3.8) is 0 Å². The molecule has 0 amide bonds. The molecular weight excluding hydrogens is 374 g/mol. The van der Waals surface area contributed by atoms with Gasteiger partial charge in [-0.1, -0.05) is 103 Å². The first-order valence-corrected chi connectivity index (χ1v) is 12.9. The molecule has 0 saturated carbocycles. The van der Waals surface area contributed by atoms with Gasteiger partial charge in [-0.2, -0.15) is 8.42 Å². The Labute approximate surface area is 176 Å². The number of nitrogens with two attached hydrogens (primary N) is 1. The molecule has 0 aromatic carbocycles. The van der Waals surface area contributed by atoms with Crippen molar-refractivity contribution in [1.29, 1.82) is 0 Å². The maximum absolute atomic E-state index is 9.56. The van der Waals surface area contributed by atoms with E-state index in [1.54, 1.807) is 0 Å². The Hall–Kier alpha value is -0.170. The van der Waals surface area contributed by atoms with Crippen molar-refractivity contribution >= 4 is 10.4 Å². The zero-order chi connectivity index (χ0) is 21.7. The van der Waals surface area contributed by atoms with Gasteiger partial charge in [-0.25, -0.2) is 4.18 Å². The molecule has 0 bridgehead atoms. The van der Waals surface area contributed by atoms with Gasteiger partial charge in [0.1, 0.15) is 0 Å². The lowest BCUT2D eigenvalue weighted by Gasteiger charge is -2.17. The van der Waals surface area contributed by atoms with Gasteiger partial charge in [-0.3, -0.25) is 4.55 Å². The van der Waals surface area contributed by atoms with Crippen molar-refractivity contribution in [2.45, 2.75) is 136 Å². The van der Waals surface area contributed by atoms with Crippen molar-refractivity contribution in [2.75, 3.05) is 6.61 Å². The van der Waals surface area contributed by atoms with E-state index < -0.39 is 10.4 Å². The number of hydrogen-bond acceptors (Lipinski definition) is 4. The van der Waals surface area contributed by atoms with Gasteiger partial charge in [0, 0.05) is 5.54 Å². The molecular formula is C22H49NO4S. The van der Waals surface area contributed by atoms with Crippen molar-refractivity contribution < 1.29 is 17.2 Å². The fourth-order valence-corrected chi connectivity index (χ4v) is 3.40. The maximum atomic E-state index is 9.56. The molecule has 0 aliphatic rings. The molecule has 0 aliphatic carbocycles. The van der Waals surface area contributed by atoms with Crippen LogP contribution >= 0.6 is 0 Å². The van der Waals surface area contributed by atoms with Crippen molar-refractivity contribution in [1.82, 2.24) is 0 Å². The average Bonchev–Trinajstić information content (AvgIpc) is 2.57. The number of hydrogen-bond donors (Lipinski definition) is 2. The Balaban J connectivity index is 0. The van der Waals surface area contributed by atoms with Crippen molar-refractivity contribution in [3.8, 4) is 0 Å². The van der Waals surface area contributed by atoms with Crippen LogP contribution in [0.4, 0.5) is 0 Å². The van der Waals surface area contributed by atoms with E-state index >= 15 is 0 Å². The van der Waals surface area contributed by atoms with Crippen LogP contribution < -0.4 is 5.73 Å². The Kier molecular flexibility index (Phi) is 21.6. The normalized spacial score (nSPS) is 11.9. The summed E-state index contributed by atoms with van der Waals surface area (Å²) in [5, 5.41) is 0. The van der Waals surface area contributed by atoms with E-state index in [1.165, 1.54) is 110 Å². The fourth-order valence-electron chi connectivity index (χ4n) is 3.10. The average molecular weight is 424 g/mol. The van der Waals surface area contributed by atoms with Crippen LogP contribution in [0.15, 0.2) is 0 Å². The molecule has 0 heterocycles. The lowest BCUT2D eigenvalue weighted by molar-refractivity contribution is 0.283. The summed E-state index contributed by atoms with van der Waals surface area (Å²) in [6, 6.07) is 0. The number of rotatable bonds is 18. The molecule has 3 N–H and O–H groups in total. The van der Waals surface area contributed by atoms with E-state index in [-0.39, 0.29) is 12.1 Å². The standard InChI is InChI=1S/C20H43N.C2H6O4S/c1-4-5-6-7-8-9-10-11-12-13-14-15-16-17-18-19-20(2,3)21;1-2-6-7(3,4)5/h4-19,21H2,1-3H3;2H2,1H3,(H,3,4,5). The van der Waals surface area contributed by atoms with Gasteiger partial charge in [0.2, 0.25) is 0 Å². The summed E-state index contributed by atoms with van der Waals surface area (Å²) in [5.74, 6) is 0. The first-order chi connectivity index (χ1) is 13.1. The van der Waals surface area contributed by atoms with E-state index in [4.69, 9.17) is 10.3 Å². The van der Waals surface area contributed by atoms with Crippen LogP contribution in [0.5, 0.6) is 0 Å². The lowest BCUT2D eigenvalue weighted by Crippen LogP contribution is -2.31. The second-order valence-corrected chi connectivity index (χ2v) is 9.61. The van der Waals surface area contributed by atoms with Crippen LogP contribution in [-0.2, 0) is 14.6 Å². The molecule has 0 radical (unpaired) electrons. The molecule has 6 heteroatoms. The predicted molar refractivity (Wildman–Crippen MR) is 121 cm³/mol. The topological polar surface area (TPSA) is 89.6 Å². The quantitative estimate of drug-likeness (QED) is 0.187. The Morgan fingerprint density at radius 1 is 0.714 bits per heavy atom. The molecule has 0 atom stereocenters. The molecule has 0 aromatic rings. The summed E-state index contributed by atoms with van der Waals surface area (Å²) in [6.45, 7) is 8.00. The van der Waals surface area contributed by atoms with Crippen LogP contribution in [0.3, 0.4) is 0 Å². The highest BCUT2D eigenvalue weighted by atomic mass is 32.3. The van der Waals surface area contributed by atoms with Gasteiger partial charge in [-0.05, 0) is 27.2 Å². The SMILES string of the molecule is CCCCCCCCCCCCCCCCCC(C)(C)N.CCOS(=O)(=O)O. The van der Waals surface area contributed by atoms with Crippen molar-refractivity contribution in [3.05, 3.63) is 0 Å². The summed E-state index contributed by atoms with van der Waals surface area (Å²) in [5.41, 5.74) is 6.03. The van der Waals surface area contributed by atoms with Crippen LogP contribution in [0.2, 0.25) is 0 Å². The number of unbranched alkanes of at least 4 members (excludes halogenated alkanes) is 14. The van der Waals surface area contributed by atoms with Gasteiger partial charge in [0.05, 0.1) is 6.61 Å². The van der Waals surface area contributed by atoms with Crippen LogP contribution in [-0.4, -0.2) is 25.1 Å². The monoisotopic (exact) mass is 423 g/mol. The fraction of sp³-hybridized carbons (Fsp3) is 1.00. The minimum atomic E-state index is -4.17. The molecule has 28 heavy (non-hydrogen) atoms.